The van der Waals surface area contributed by atoms with Gasteiger partial charge in [-0.25, -0.2) is 4.79 Å². The van der Waals surface area contributed by atoms with E-state index in [-0.39, 0.29) is 17.5 Å². The van der Waals surface area contributed by atoms with Crippen LogP contribution in [0.2, 0.25) is 0 Å². The predicted octanol–water partition coefficient (Wildman–Crippen LogP) is 2.99. The summed E-state index contributed by atoms with van der Waals surface area (Å²) in [6.07, 6.45) is 1.78. The maximum absolute atomic E-state index is 12.1. The average Bonchev–Trinajstić information content (AvgIpc) is 2.90. The minimum absolute atomic E-state index is 0.0135. The first-order valence-electron chi connectivity index (χ1n) is 7.85. The Labute approximate surface area is 145 Å². The fraction of sp³-hybridized carbons (Fsp3) is 0.625. The van der Waals surface area contributed by atoms with Gasteiger partial charge in [0.25, 0.3) is 5.91 Å². The van der Waals surface area contributed by atoms with Crippen LogP contribution in [0.15, 0.2) is 21.2 Å². The number of hydrogen-bond donors (Lipinski definition) is 2. The lowest BCUT2D eigenvalue weighted by molar-refractivity contribution is 0.0908. The standard InChI is InChI=1S/C16H24BrN3O3/c1-16(2,3)19-15(22)20-8-6-11(7-9-20)10-18-14(21)12-4-5-13(17)23-12/h4-5,11H,6-10H2,1-3H3,(H,18,21)(H,19,22). The number of furan rings is 1. The third-order valence-corrected chi connectivity index (χ3v) is 4.16. The molecule has 1 aliphatic heterocycles. The van der Waals surface area contributed by atoms with Crippen LogP contribution in [0.5, 0.6) is 0 Å². The molecule has 23 heavy (non-hydrogen) atoms. The van der Waals surface area contributed by atoms with Crippen LogP contribution in [-0.2, 0) is 0 Å². The Kier molecular flexibility index (Phi) is 5.73. The first-order valence-corrected chi connectivity index (χ1v) is 8.64. The highest BCUT2D eigenvalue weighted by molar-refractivity contribution is 9.10. The number of urea groups is 1. The van der Waals surface area contributed by atoms with Gasteiger partial charge in [0, 0.05) is 25.2 Å². The van der Waals surface area contributed by atoms with E-state index in [1.165, 1.54) is 0 Å². The van der Waals surface area contributed by atoms with Crippen LogP contribution in [0, 0.1) is 5.92 Å². The molecule has 0 radical (unpaired) electrons. The summed E-state index contributed by atoms with van der Waals surface area (Å²) >= 11 is 3.18. The molecule has 0 spiro atoms. The molecule has 1 aromatic heterocycles. The monoisotopic (exact) mass is 385 g/mol. The smallest absolute Gasteiger partial charge is 0.317 e. The van der Waals surface area contributed by atoms with Gasteiger partial charge in [-0.1, -0.05) is 0 Å². The maximum Gasteiger partial charge on any atom is 0.317 e. The molecule has 2 heterocycles. The van der Waals surface area contributed by atoms with Crippen LogP contribution in [0.25, 0.3) is 0 Å². The zero-order valence-corrected chi connectivity index (χ0v) is 15.4. The zero-order chi connectivity index (χ0) is 17.0. The lowest BCUT2D eigenvalue weighted by Gasteiger charge is -2.34. The molecule has 0 unspecified atom stereocenters. The van der Waals surface area contributed by atoms with Crippen LogP contribution >= 0.6 is 15.9 Å². The Morgan fingerprint density at radius 2 is 1.96 bits per heavy atom. The fourth-order valence-corrected chi connectivity index (χ4v) is 2.81. The third-order valence-electron chi connectivity index (χ3n) is 3.73. The van der Waals surface area contributed by atoms with Gasteiger partial charge < -0.3 is 20.0 Å². The lowest BCUT2D eigenvalue weighted by atomic mass is 9.97. The number of hydrogen-bond acceptors (Lipinski definition) is 3. The molecule has 7 heteroatoms. The second-order valence-electron chi connectivity index (χ2n) is 6.92. The fourth-order valence-electron chi connectivity index (χ4n) is 2.50. The van der Waals surface area contributed by atoms with Crippen molar-refractivity contribution in [2.45, 2.75) is 39.2 Å². The molecule has 0 aliphatic carbocycles. The van der Waals surface area contributed by atoms with Gasteiger partial charge in [0.2, 0.25) is 0 Å². The minimum Gasteiger partial charge on any atom is -0.444 e. The Hall–Kier alpha value is -1.50. The minimum atomic E-state index is -0.223. The molecule has 1 saturated heterocycles. The number of likely N-dealkylation sites (tertiary alicyclic amines) is 1. The van der Waals surface area contributed by atoms with Crippen molar-refractivity contribution >= 4 is 27.9 Å². The molecule has 1 aliphatic rings. The summed E-state index contributed by atoms with van der Waals surface area (Å²) in [5, 5.41) is 5.87. The second-order valence-corrected chi connectivity index (χ2v) is 7.71. The largest absolute Gasteiger partial charge is 0.444 e. The van der Waals surface area contributed by atoms with E-state index >= 15 is 0 Å². The molecule has 0 bridgehead atoms. The highest BCUT2D eigenvalue weighted by Gasteiger charge is 2.25. The van der Waals surface area contributed by atoms with E-state index < -0.39 is 0 Å². The Morgan fingerprint density at radius 3 is 2.48 bits per heavy atom. The van der Waals surface area contributed by atoms with E-state index in [1.807, 2.05) is 25.7 Å². The van der Waals surface area contributed by atoms with Crippen molar-refractivity contribution in [3.05, 3.63) is 22.6 Å². The summed E-state index contributed by atoms with van der Waals surface area (Å²) in [4.78, 5) is 25.9. The van der Waals surface area contributed by atoms with Gasteiger partial charge in [0.15, 0.2) is 10.4 Å². The number of piperidine rings is 1. The summed E-state index contributed by atoms with van der Waals surface area (Å²) < 4.78 is 5.77. The molecule has 1 fully saturated rings. The quantitative estimate of drug-likeness (QED) is 0.839. The summed E-state index contributed by atoms with van der Waals surface area (Å²) in [5.74, 6) is 0.485. The third kappa shape index (κ3) is 5.57. The van der Waals surface area contributed by atoms with E-state index in [9.17, 15) is 9.59 Å². The van der Waals surface area contributed by atoms with Crippen LogP contribution in [0.4, 0.5) is 4.79 Å². The molecule has 0 saturated carbocycles. The van der Waals surface area contributed by atoms with Gasteiger partial charge in [-0.15, -0.1) is 0 Å². The Balaban J connectivity index is 1.72. The molecule has 0 aromatic carbocycles. The molecule has 2 N–H and O–H groups in total. The van der Waals surface area contributed by atoms with Crippen molar-refractivity contribution in [1.82, 2.24) is 15.5 Å². The van der Waals surface area contributed by atoms with Gasteiger partial charge in [-0.3, -0.25) is 4.79 Å². The van der Waals surface area contributed by atoms with Crippen LogP contribution in [0.1, 0.15) is 44.2 Å². The summed E-state index contributed by atoms with van der Waals surface area (Å²) in [6, 6.07) is 3.32. The number of amides is 3. The first-order chi connectivity index (χ1) is 10.7. The van der Waals surface area contributed by atoms with Crippen LogP contribution in [-0.4, -0.2) is 42.0 Å². The van der Waals surface area contributed by atoms with Crippen LogP contribution < -0.4 is 10.6 Å². The molecule has 6 nitrogen and oxygen atoms in total. The first kappa shape index (κ1) is 17.8. The Morgan fingerprint density at radius 1 is 1.30 bits per heavy atom. The van der Waals surface area contributed by atoms with E-state index in [2.05, 4.69) is 26.6 Å². The molecule has 2 rings (SSSR count). The normalized spacial score (nSPS) is 16.3. The predicted molar refractivity (Wildman–Crippen MR) is 91.3 cm³/mol. The van der Waals surface area contributed by atoms with Crippen molar-refractivity contribution < 1.29 is 14.0 Å². The Bertz CT molecular complexity index is 557. The summed E-state index contributed by atoms with van der Waals surface area (Å²) in [7, 11) is 0. The van der Waals surface area contributed by atoms with Gasteiger partial charge in [0.05, 0.1) is 0 Å². The van der Waals surface area contributed by atoms with Gasteiger partial charge in [-0.05, 0) is 67.6 Å². The summed E-state index contributed by atoms with van der Waals surface area (Å²) in [6.45, 7) is 7.95. The summed E-state index contributed by atoms with van der Waals surface area (Å²) in [5.41, 5.74) is -0.223. The van der Waals surface area contributed by atoms with E-state index in [0.29, 0.717) is 22.9 Å². The zero-order valence-electron chi connectivity index (χ0n) is 13.8. The number of carbonyl (C=O) groups is 2. The second kappa shape index (κ2) is 7.38. The average molecular weight is 386 g/mol. The van der Waals surface area contributed by atoms with E-state index in [4.69, 9.17) is 4.42 Å². The maximum atomic E-state index is 12.1. The lowest BCUT2D eigenvalue weighted by Crippen LogP contribution is -2.51. The van der Waals surface area contributed by atoms with Gasteiger partial charge in [-0.2, -0.15) is 0 Å². The van der Waals surface area contributed by atoms with E-state index in [0.717, 1.165) is 25.9 Å². The number of carbonyl (C=O) groups excluding carboxylic acids is 2. The highest BCUT2D eigenvalue weighted by Crippen LogP contribution is 2.18. The molecular formula is C16H24BrN3O3. The SMILES string of the molecule is CC(C)(C)NC(=O)N1CCC(CNC(=O)c2ccc(Br)o2)CC1. The number of halogens is 1. The van der Waals surface area contributed by atoms with Crippen molar-refractivity contribution in [2.24, 2.45) is 5.92 Å². The number of nitrogens with one attached hydrogen (secondary N) is 2. The topological polar surface area (TPSA) is 74.6 Å². The van der Waals surface area contributed by atoms with Gasteiger partial charge >= 0.3 is 6.03 Å². The van der Waals surface area contributed by atoms with Crippen LogP contribution in [0.3, 0.4) is 0 Å². The van der Waals surface area contributed by atoms with Gasteiger partial charge in [0.1, 0.15) is 0 Å². The molecule has 1 aromatic rings. The molecular weight excluding hydrogens is 362 g/mol. The molecule has 3 amide bonds. The highest BCUT2D eigenvalue weighted by atomic mass is 79.9. The van der Waals surface area contributed by atoms with E-state index in [1.54, 1.807) is 12.1 Å². The van der Waals surface area contributed by atoms with Crippen molar-refractivity contribution in [3.63, 3.8) is 0 Å². The number of nitrogens with zero attached hydrogens (tertiary/aromatic N) is 1. The van der Waals surface area contributed by atoms with Crippen molar-refractivity contribution in [2.75, 3.05) is 19.6 Å². The molecule has 128 valence electrons. The van der Waals surface area contributed by atoms with Crippen molar-refractivity contribution in [1.29, 1.82) is 0 Å². The number of rotatable bonds is 3. The molecule has 0 atom stereocenters. The van der Waals surface area contributed by atoms with Crippen molar-refractivity contribution in [3.8, 4) is 0 Å².